The van der Waals surface area contributed by atoms with Crippen LogP contribution < -0.4 is 5.32 Å². The summed E-state index contributed by atoms with van der Waals surface area (Å²) in [5.41, 5.74) is 2.25. The molecule has 0 bridgehead atoms. The summed E-state index contributed by atoms with van der Waals surface area (Å²) >= 11 is 5.98. The van der Waals surface area contributed by atoms with Gasteiger partial charge in [0.2, 0.25) is 5.89 Å². The van der Waals surface area contributed by atoms with Gasteiger partial charge in [0.25, 0.3) is 5.91 Å². The van der Waals surface area contributed by atoms with Gasteiger partial charge in [-0.1, -0.05) is 34.9 Å². The molecule has 0 atom stereocenters. The average molecular weight is 325 g/mol. The van der Waals surface area contributed by atoms with E-state index in [0.717, 1.165) is 5.56 Å². The number of benzene rings is 2. The Bertz CT molecular complexity index is 934. The molecule has 0 radical (unpaired) electrons. The van der Waals surface area contributed by atoms with Crippen LogP contribution in [0.5, 0.6) is 0 Å². The number of anilines is 1. The minimum atomic E-state index is -0.332. The Morgan fingerprint density at radius 1 is 1.09 bits per heavy atom. The highest BCUT2D eigenvalue weighted by atomic mass is 35.5. The van der Waals surface area contributed by atoms with Crippen LogP contribution in [-0.4, -0.2) is 21.8 Å². The van der Waals surface area contributed by atoms with E-state index in [1.807, 2.05) is 30.3 Å². The second-order valence-corrected chi connectivity index (χ2v) is 5.30. The Morgan fingerprint density at radius 2 is 1.91 bits per heavy atom. The third kappa shape index (κ3) is 2.49. The normalized spacial score (nSPS) is 14.8. The second-order valence-electron chi connectivity index (χ2n) is 4.86. The summed E-state index contributed by atoms with van der Waals surface area (Å²) in [4.78, 5) is 16.2. The van der Waals surface area contributed by atoms with Crippen molar-refractivity contribution in [3.8, 4) is 11.5 Å². The molecule has 0 saturated heterocycles. The molecule has 0 unspecified atom stereocenters. The molecule has 23 heavy (non-hydrogen) atoms. The molecule has 4 rings (SSSR count). The first-order valence-electron chi connectivity index (χ1n) is 6.79. The van der Waals surface area contributed by atoms with E-state index in [1.165, 1.54) is 0 Å². The molecule has 6 nitrogen and oxygen atoms in total. The van der Waals surface area contributed by atoms with Crippen molar-refractivity contribution in [2.24, 2.45) is 4.99 Å². The lowest BCUT2D eigenvalue weighted by Crippen LogP contribution is -2.13. The Labute approximate surface area is 135 Å². The molecule has 0 saturated carbocycles. The van der Waals surface area contributed by atoms with E-state index in [9.17, 15) is 4.79 Å². The number of hydrogen-bond acceptors (Lipinski definition) is 5. The molecule has 7 heteroatoms. The molecule has 1 amide bonds. The first kappa shape index (κ1) is 13.7. The summed E-state index contributed by atoms with van der Waals surface area (Å²) < 4.78 is 5.50. The van der Waals surface area contributed by atoms with E-state index >= 15 is 0 Å². The van der Waals surface area contributed by atoms with E-state index in [0.29, 0.717) is 22.2 Å². The lowest BCUT2D eigenvalue weighted by molar-refractivity contribution is -0.110. The monoisotopic (exact) mass is 324 g/mol. The fourth-order valence-corrected chi connectivity index (χ4v) is 2.46. The Hall–Kier alpha value is -2.99. The minimum Gasteiger partial charge on any atom is -0.402 e. The molecule has 2 aromatic carbocycles. The van der Waals surface area contributed by atoms with Crippen molar-refractivity contribution in [2.75, 3.05) is 5.32 Å². The number of fused-ring (bicyclic) bond motifs is 1. The van der Waals surface area contributed by atoms with Gasteiger partial charge in [0.05, 0.1) is 5.69 Å². The van der Waals surface area contributed by atoms with Crippen LogP contribution >= 0.6 is 11.6 Å². The maximum absolute atomic E-state index is 12.0. The van der Waals surface area contributed by atoms with Crippen LogP contribution in [0.3, 0.4) is 0 Å². The number of amides is 1. The van der Waals surface area contributed by atoms with Crippen LogP contribution in [0.25, 0.3) is 11.5 Å². The van der Waals surface area contributed by atoms with Crippen LogP contribution in [0.15, 0.2) is 57.9 Å². The Balaban J connectivity index is 1.73. The highest BCUT2D eigenvalue weighted by Gasteiger charge is 2.27. The third-order valence-corrected chi connectivity index (χ3v) is 3.58. The largest absolute Gasteiger partial charge is 0.402 e. The van der Waals surface area contributed by atoms with Crippen molar-refractivity contribution < 1.29 is 9.21 Å². The molecular formula is C16H9ClN4O2. The molecule has 3 aromatic rings. The molecule has 0 fully saturated rings. The van der Waals surface area contributed by atoms with Crippen molar-refractivity contribution >= 4 is 34.9 Å². The molecule has 1 aromatic heterocycles. The van der Waals surface area contributed by atoms with Gasteiger partial charge in [-0.05, 0) is 30.3 Å². The predicted octanol–water partition coefficient (Wildman–Crippen LogP) is 3.46. The highest BCUT2D eigenvalue weighted by Crippen LogP contribution is 2.28. The van der Waals surface area contributed by atoms with E-state index in [4.69, 9.17) is 16.0 Å². The van der Waals surface area contributed by atoms with Crippen molar-refractivity contribution in [1.29, 1.82) is 0 Å². The predicted molar refractivity (Wildman–Crippen MR) is 86.0 cm³/mol. The number of nitrogens with zero attached hydrogens (tertiary/aromatic N) is 3. The fraction of sp³-hybridized carbons (Fsp3) is 0. The van der Waals surface area contributed by atoms with Gasteiger partial charge in [0.15, 0.2) is 0 Å². The summed E-state index contributed by atoms with van der Waals surface area (Å²) in [7, 11) is 0. The number of nitrogens with one attached hydrogen (secondary N) is 1. The first-order chi connectivity index (χ1) is 11.2. The van der Waals surface area contributed by atoms with Gasteiger partial charge in [-0.25, -0.2) is 0 Å². The summed E-state index contributed by atoms with van der Waals surface area (Å²) in [6, 6.07) is 14.4. The van der Waals surface area contributed by atoms with Crippen molar-refractivity contribution in [3.05, 3.63) is 59.1 Å². The molecule has 0 spiro atoms. The molecule has 0 aliphatic carbocycles. The minimum absolute atomic E-state index is 0.0156. The van der Waals surface area contributed by atoms with Crippen molar-refractivity contribution in [1.82, 2.24) is 10.2 Å². The second kappa shape index (κ2) is 5.33. The molecule has 1 aliphatic rings. The number of aliphatic imine (C=N–C) groups is 1. The number of hydrogen-bond donors (Lipinski definition) is 1. The van der Waals surface area contributed by atoms with Gasteiger partial charge in [-0.3, -0.25) is 4.79 Å². The zero-order valence-corrected chi connectivity index (χ0v) is 12.4. The smallest absolute Gasteiger partial charge is 0.343 e. The molecular weight excluding hydrogens is 316 g/mol. The maximum Gasteiger partial charge on any atom is 0.343 e. The number of rotatable bonds is 2. The van der Waals surface area contributed by atoms with Gasteiger partial charge in [-0.15, -0.1) is 5.10 Å². The standard InChI is InChI=1S/C16H9ClN4O2/c17-10-6-7-12-11(8-10)13(14(22)18-12)19-16-21-20-15(23-16)9-4-2-1-3-5-9/h1-8H,(H,18,19,21,22). The quantitative estimate of drug-likeness (QED) is 0.782. The molecule has 2 heterocycles. The molecule has 1 aliphatic heterocycles. The van der Waals surface area contributed by atoms with Gasteiger partial charge >= 0.3 is 6.01 Å². The average Bonchev–Trinajstić information content (AvgIpc) is 3.15. The Morgan fingerprint density at radius 3 is 2.74 bits per heavy atom. The van der Waals surface area contributed by atoms with E-state index in [-0.39, 0.29) is 17.6 Å². The lowest BCUT2D eigenvalue weighted by atomic mass is 10.1. The van der Waals surface area contributed by atoms with Gasteiger partial charge in [0, 0.05) is 16.1 Å². The van der Waals surface area contributed by atoms with Crippen molar-refractivity contribution in [2.45, 2.75) is 0 Å². The SMILES string of the molecule is O=C1Nc2ccc(Cl)cc2/C1=N\c1nnc(-c2ccccc2)o1. The summed E-state index contributed by atoms with van der Waals surface area (Å²) in [5, 5.41) is 11.0. The molecule has 112 valence electrons. The van der Waals surface area contributed by atoms with Gasteiger partial charge in [-0.2, -0.15) is 4.99 Å². The van der Waals surface area contributed by atoms with Crippen LogP contribution in [0.1, 0.15) is 5.56 Å². The Kier molecular flexibility index (Phi) is 3.17. The van der Waals surface area contributed by atoms with E-state index in [1.54, 1.807) is 18.2 Å². The number of aromatic nitrogens is 2. The van der Waals surface area contributed by atoms with E-state index in [2.05, 4.69) is 20.5 Å². The number of carbonyl (C=O) groups excluding carboxylic acids is 1. The topological polar surface area (TPSA) is 80.4 Å². The van der Waals surface area contributed by atoms with Crippen molar-refractivity contribution in [3.63, 3.8) is 0 Å². The van der Waals surface area contributed by atoms with Crippen LogP contribution in [-0.2, 0) is 4.79 Å². The lowest BCUT2D eigenvalue weighted by Gasteiger charge is -1.97. The number of carbonyl (C=O) groups is 1. The number of halogens is 1. The van der Waals surface area contributed by atoms with Crippen LogP contribution in [0.4, 0.5) is 11.7 Å². The van der Waals surface area contributed by atoms with E-state index < -0.39 is 0 Å². The van der Waals surface area contributed by atoms with Gasteiger partial charge in [0.1, 0.15) is 5.71 Å². The van der Waals surface area contributed by atoms with Crippen LogP contribution in [0.2, 0.25) is 5.02 Å². The highest BCUT2D eigenvalue weighted by molar-refractivity contribution is 6.54. The summed E-state index contributed by atoms with van der Waals surface area (Å²) in [5.74, 6) is 0.0106. The summed E-state index contributed by atoms with van der Waals surface area (Å²) in [6.45, 7) is 0. The maximum atomic E-state index is 12.0. The third-order valence-electron chi connectivity index (χ3n) is 3.34. The van der Waals surface area contributed by atoms with Gasteiger partial charge < -0.3 is 9.73 Å². The first-order valence-corrected chi connectivity index (χ1v) is 7.17. The fourth-order valence-electron chi connectivity index (χ4n) is 2.29. The summed E-state index contributed by atoms with van der Waals surface area (Å²) in [6.07, 6.45) is 0. The van der Waals surface area contributed by atoms with Crippen LogP contribution in [0, 0.1) is 0 Å². The molecule has 1 N–H and O–H groups in total. The zero-order chi connectivity index (χ0) is 15.8. The zero-order valence-electron chi connectivity index (χ0n) is 11.7.